The highest BCUT2D eigenvalue weighted by Crippen LogP contribution is 2.35. The van der Waals surface area contributed by atoms with E-state index in [1.165, 1.54) is 4.88 Å². The van der Waals surface area contributed by atoms with Crippen molar-refractivity contribution >= 4 is 27.4 Å². The van der Waals surface area contributed by atoms with Crippen molar-refractivity contribution in [3.05, 3.63) is 35.2 Å². The summed E-state index contributed by atoms with van der Waals surface area (Å²) in [7, 11) is 0. The lowest BCUT2D eigenvalue weighted by molar-refractivity contribution is 0.122. The third-order valence-electron chi connectivity index (χ3n) is 6.11. The topological polar surface area (TPSA) is 65.0 Å². The monoisotopic (exact) mass is 439 g/mol. The number of piperazine rings is 1. The predicted molar refractivity (Wildman–Crippen MR) is 125 cm³/mol. The van der Waals surface area contributed by atoms with Crippen LogP contribution in [0.3, 0.4) is 0 Å². The minimum absolute atomic E-state index is 0.228. The number of benzene rings is 1. The number of thiophene rings is 1. The summed E-state index contributed by atoms with van der Waals surface area (Å²) in [5.41, 5.74) is 1.82. The van der Waals surface area contributed by atoms with Gasteiger partial charge >= 0.3 is 0 Å². The molecule has 1 aromatic carbocycles. The molecule has 0 radical (unpaired) electrons. The molecule has 5 rings (SSSR count). The van der Waals surface area contributed by atoms with Crippen LogP contribution in [0.4, 0.5) is 5.82 Å². The van der Waals surface area contributed by atoms with Gasteiger partial charge in [-0.05, 0) is 24.7 Å². The van der Waals surface area contributed by atoms with Crippen LogP contribution in [0.2, 0.25) is 0 Å². The molecule has 2 aromatic heterocycles. The fraction of sp³-hybridized carbons (Fsp3) is 0.478. The molecular weight excluding hydrogens is 410 g/mol. The average molecular weight is 440 g/mol. The molecule has 0 amide bonds. The van der Waals surface area contributed by atoms with E-state index in [0.717, 1.165) is 74.0 Å². The van der Waals surface area contributed by atoms with Crippen LogP contribution >= 0.6 is 11.3 Å². The molecule has 7 nitrogen and oxygen atoms in total. The first-order valence-corrected chi connectivity index (χ1v) is 11.9. The summed E-state index contributed by atoms with van der Waals surface area (Å²) in [4.78, 5) is 18.5. The maximum absolute atomic E-state index is 9.94. The smallest absolute Gasteiger partial charge is 0.162 e. The molecule has 3 aromatic rings. The number of phenolic OH excluding ortho intramolecular Hbond substituents is 1. The normalized spacial score (nSPS) is 18.7. The summed E-state index contributed by atoms with van der Waals surface area (Å²) in [5.74, 6) is 1.87. The zero-order valence-electron chi connectivity index (χ0n) is 18.0. The number of hydrogen-bond acceptors (Lipinski definition) is 8. The van der Waals surface area contributed by atoms with Gasteiger partial charge in [0.25, 0.3) is 0 Å². The van der Waals surface area contributed by atoms with Gasteiger partial charge in [0.1, 0.15) is 5.75 Å². The third-order valence-corrected chi connectivity index (χ3v) is 7.22. The van der Waals surface area contributed by atoms with Gasteiger partial charge in [0, 0.05) is 56.3 Å². The molecule has 2 saturated heterocycles. The maximum Gasteiger partial charge on any atom is 0.162 e. The number of fused-ring (bicyclic) bond motifs is 1. The summed E-state index contributed by atoms with van der Waals surface area (Å²) in [6.07, 6.45) is 0. The Morgan fingerprint density at radius 2 is 1.77 bits per heavy atom. The van der Waals surface area contributed by atoms with Crippen molar-refractivity contribution in [2.75, 3.05) is 63.9 Å². The van der Waals surface area contributed by atoms with Gasteiger partial charge in [-0.1, -0.05) is 19.1 Å². The van der Waals surface area contributed by atoms with E-state index in [0.29, 0.717) is 19.0 Å². The zero-order chi connectivity index (χ0) is 21.2. The van der Waals surface area contributed by atoms with Gasteiger partial charge in [-0.2, -0.15) is 0 Å². The molecule has 0 spiro atoms. The summed E-state index contributed by atoms with van der Waals surface area (Å²) in [6.45, 7) is 11.9. The molecule has 2 aliphatic heterocycles. The quantitative estimate of drug-likeness (QED) is 0.656. The van der Waals surface area contributed by atoms with Gasteiger partial charge in [-0.25, -0.2) is 9.97 Å². The van der Waals surface area contributed by atoms with Gasteiger partial charge in [0.05, 0.1) is 23.4 Å². The molecule has 31 heavy (non-hydrogen) atoms. The van der Waals surface area contributed by atoms with Crippen molar-refractivity contribution in [3.63, 3.8) is 0 Å². The van der Waals surface area contributed by atoms with Crippen LogP contribution in [0.1, 0.15) is 11.8 Å². The number of phenols is 1. The number of aromatic hydroxyl groups is 1. The van der Waals surface area contributed by atoms with Crippen molar-refractivity contribution < 1.29 is 9.84 Å². The van der Waals surface area contributed by atoms with Gasteiger partial charge in [-0.3, -0.25) is 4.90 Å². The summed E-state index contributed by atoms with van der Waals surface area (Å²) < 4.78 is 6.71. The second-order valence-corrected chi connectivity index (χ2v) is 9.29. The molecule has 0 aliphatic carbocycles. The lowest BCUT2D eigenvalue weighted by Gasteiger charge is -2.33. The van der Waals surface area contributed by atoms with Crippen LogP contribution in [0.5, 0.6) is 5.75 Å². The SMILES string of the molecule is CCN1CCN(Cc2cc3nc(-c4cccc(O)c4)nc(N4CCOCC4)c3s2)CC1. The Morgan fingerprint density at radius 3 is 2.52 bits per heavy atom. The first-order chi connectivity index (χ1) is 15.2. The molecule has 2 aliphatic rings. The second kappa shape index (κ2) is 9.08. The highest BCUT2D eigenvalue weighted by Gasteiger charge is 2.22. The Labute approximate surface area is 186 Å². The first kappa shape index (κ1) is 20.6. The van der Waals surface area contributed by atoms with E-state index >= 15 is 0 Å². The Kier molecular flexibility index (Phi) is 6.04. The molecule has 0 bridgehead atoms. The number of anilines is 1. The van der Waals surface area contributed by atoms with E-state index < -0.39 is 0 Å². The molecule has 0 saturated carbocycles. The number of ether oxygens (including phenoxy) is 1. The molecular formula is C23H29N5O2S. The number of nitrogens with zero attached hydrogens (tertiary/aromatic N) is 5. The van der Waals surface area contributed by atoms with Crippen LogP contribution in [-0.4, -0.2) is 83.9 Å². The van der Waals surface area contributed by atoms with Crippen LogP contribution < -0.4 is 4.90 Å². The fourth-order valence-electron chi connectivity index (χ4n) is 4.29. The fourth-order valence-corrected chi connectivity index (χ4v) is 5.44. The number of aromatic nitrogens is 2. The number of hydrogen-bond donors (Lipinski definition) is 1. The minimum Gasteiger partial charge on any atom is -0.508 e. The Balaban J connectivity index is 1.49. The number of rotatable bonds is 5. The maximum atomic E-state index is 9.94. The standard InChI is InChI=1S/C23H29N5O2S/c1-2-26-6-8-27(9-7-26)16-19-15-20-21(31-19)23(28-10-12-30-13-11-28)25-22(24-20)17-4-3-5-18(29)14-17/h3-5,14-15,29H,2,6-13,16H2,1H3. The summed E-state index contributed by atoms with van der Waals surface area (Å²) in [6, 6.07) is 9.41. The highest BCUT2D eigenvalue weighted by atomic mass is 32.1. The van der Waals surface area contributed by atoms with E-state index in [1.54, 1.807) is 12.1 Å². The minimum atomic E-state index is 0.228. The van der Waals surface area contributed by atoms with E-state index in [-0.39, 0.29) is 5.75 Å². The highest BCUT2D eigenvalue weighted by molar-refractivity contribution is 7.19. The van der Waals surface area contributed by atoms with Gasteiger partial charge in [-0.15, -0.1) is 11.3 Å². The molecule has 2 fully saturated rings. The van der Waals surface area contributed by atoms with E-state index in [9.17, 15) is 5.11 Å². The van der Waals surface area contributed by atoms with Crippen molar-refractivity contribution in [2.45, 2.75) is 13.5 Å². The predicted octanol–water partition coefficient (Wildman–Crippen LogP) is 3.04. The van der Waals surface area contributed by atoms with E-state index in [2.05, 4.69) is 27.7 Å². The Hall–Kier alpha value is -2.26. The molecule has 8 heteroatoms. The summed E-state index contributed by atoms with van der Waals surface area (Å²) in [5, 5.41) is 9.94. The van der Waals surface area contributed by atoms with Crippen molar-refractivity contribution in [1.82, 2.24) is 19.8 Å². The molecule has 4 heterocycles. The molecule has 1 N–H and O–H groups in total. The first-order valence-electron chi connectivity index (χ1n) is 11.1. The van der Waals surface area contributed by atoms with Gasteiger partial charge < -0.3 is 19.6 Å². The van der Waals surface area contributed by atoms with Crippen LogP contribution in [0, 0.1) is 0 Å². The van der Waals surface area contributed by atoms with E-state index in [1.807, 2.05) is 23.5 Å². The van der Waals surface area contributed by atoms with Gasteiger partial charge in [0.15, 0.2) is 11.6 Å². The zero-order valence-corrected chi connectivity index (χ0v) is 18.8. The van der Waals surface area contributed by atoms with E-state index in [4.69, 9.17) is 14.7 Å². The largest absolute Gasteiger partial charge is 0.508 e. The number of likely N-dealkylation sites (N-methyl/N-ethyl adjacent to an activating group) is 1. The Bertz CT molecular complexity index is 1040. The Morgan fingerprint density at radius 1 is 1.00 bits per heavy atom. The van der Waals surface area contributed by atoms with Crippen molar-refractivity contribution in [2.24, 2.45) is 0 Å². The van der Waals surface area contributed by atoms with Crippen LogP contribution in [0.25, 0.3) is 21.6 Å². The lowest BCUT2D eigenvalue weighted by Crippen LogP contribution is -2.45. The molecule has 164 valence electrons. The third kappa shape index (κ3) is 4.52. The summed E-state index contributed by atoms with van der Waals surface area (Å²) >= 11 is 1.81. The molecule has 0 unspecified atom stereocenters. The van der Waals surface area contributed by atoms with Gasteiger partial charge in [0.2, 0.25) is 0 Å². The van der Waals surface area contributed by atoms with Crippen molar-refractivity contribution in [3.8, 4) is 17.1 Å². The van der Waals surface area contributed by atoms with Crippen molar-refractivity contribution in [1.29, 1.82) is 0 Å². The van der Waals surface area contributed by atoms with Crippen LogP contribution in [-0.2, 0) is 11.3 Å². The number of morpholine rings is 1. The molecule has 0 atom stereocenters. The lowest BCUT2D eigenvalue weighted by atomic mass is 10.2. The second-order valence-electron chi connectivity index (χ2n) is 8.16. The average Bonchev–Trinajstić information content (AvgIpc) is 3.22. The van der Waals surface area contributed by atoms with Crippen LogP contribution in [0.15, 0.2) is 30.3 Å².